The predicted octanol–water partition coefficient (Wildman–Crippen LogP) is 1.98. The van der Waals surface area contributed by atoms with Crippen LogP contribution >= 0.6 is 0 Å². The highest BCUT2D eigenvalue weighted by molar-refractivity contribution is 6.39. The standard InChI is InChI=1S/C10H9FO3/c1-6(11)7-3-2-4-8(5-7)9(12)10(13)14/h2-6H,1H3,(H,13,14). The van der Waals surface area contributed by atoms with Crippen LogP contribution in [0.5, 0.6) is 0 Å². The number of hydrogen-bond acceptors (Lipinski definition) is 2. The van der Waals surface area contributed by atoms with E-state index in [0.717, 1.165) is 0 Å². The second-order valence-corrected chi connectivity index (χ2v) is 2.88. The Morgan fingerprint density at radius 2 is 2.07 bits per heavy atom. The number of rotatable bonds is 3. The molecular weight excluding hydrogens is 187 g/mol. The first kappa shape index (κ1) is 10.4. The summed E-state index contributed by atoms with van der Waals surface area (Å²) in [4.78, 5) is 21.3. The van der Waals surface area contributed by atoms with Crippen LogP contribution in [0.3, 0.4) is 0 Å². The third-order valence-electron chi connectivity index (χ3n) is 1.80. The van der Waals surface area contributed by atoms with Gasteiger partial charge in [0.25, 0.3) is 5.78 Å². The van der Waals surface area contributed by atoms with E-state index in [4.69, 9.17) is 5.11 Å². The SMILES string of the molecule is CC(F)c1cccc(C(=O)C(=O)O)c1. The zero-order valence-electron chi connectivity index (χ0n) is 7.53. The smallest absolute Gasteiger partial charge is 0.377 e. The minimum absolute atomic E-state index is 0.000463. The molecule has 74 valence electrons. The van der Waals surface area contributed by atoms with Gasteiger partial charge in [-0.25, -0.2) is 9.18 Å². The molecule has 1 rings (SSSR count). The third kappa shape index (κ3) is 2.16. The summed E-state index contributed by atoms with van der Waals surface area (Å²) >= 11 is 0. The fraction of sp³-hybridized carbons (Fsp3) is 0.200. The van der Waals surface area contributed by atoms with E-state index in [1.807, 2.05) is 0 Å². The second-order valence-electron chi connectivity index (χ2n) is 2.88. The Morgan fingerprint density at radius 1 is 1.43 bits per heavy atom. The average molecular weight is 196 g/mol. The van der Waals surface area contributed by atoms with Gasteiger partial charge in [0.15, 0.2) is 0 Å². The van der Waals surface area contributed by atoms with Crippen LogP contribution in [-0.2, 0) is 4.79 Å². The van der Waals surface area contributed by atoms with Crippen LogP contribution in [0.15, 0.2) is 24.3 Å². The number of carboxylic acids is 1. The molecule has 0 aliphatic rings. The summed E-state index contributed by atoms with van der Waals surface area (Å²) in [5.74, 6) is -2.55. The fourth-order valence-corrected chi connectivity index (χ4v) is 1.05. The molecule has 0 spiro atoms. The zero-order valence-corrected chi connectivity index (χ0v) is 7.53. The molecule has 1 atom stereocenters. The minimum Gasteiger partial charge on any atom is -0.475 e. The number of aliphatic carboxylic acids is 1. The zero-order chi connectivity index (χ0) is 10.7. The Hall–Kier alpha value is -1.71. The van der Waals surface area contributed by atoms with Crippen LogP contribution in [0, 0.1) is 0 Å². The Balaban J connectivity index is 3.06. The lowest BCUT2D eigenvalue weighted by molar-refractivity contribution is -0.131. The highest BCUT2D eigenvalue weighted by Gasteiger charge is 2.15. The number of hydrogen-bond donors (Lipinski definition) is 1. The molecule has 14 heavy (non-hydrogen) atoms. The summed E-state index contributed by atoms with van der Waals surface area (Å²) in [5.41, 5.74) is 0.302. The molecule has 1 N–H and O–H groups in total. The van der Waals surface area contributed by atoms with Crippen LogP contribution in [0.25, 0.3) is 0 Å². The van der Waals surface area contributed by atoms with Crippen molar-refractivity contribution in [3.8, 4) is 0 Å². The highest BCUT2D eigenvalue weighted by Crippen LogP contribution is 2.17. The average Bonchev–Trinajstić information content (AvgIpc) is 2.16. The Morgan fingerprint density at radius 3 is 2.57 bits per heavy atom. The van der Waals surface area contributed by atoms with Crippen molar-refractivity contribution in [2.24, 2.45) is 0 Å². The van der Waals surface area contributed by atoms with E-state index in [9.17, 15) is 14.0 Å². The number of carbonyl (C=O) groups excluding carboxylic acids is 1. The number of benzene rings is 1. The van der Waals surface area contributed by atoms with Gasteiger partial charge < -0.3 is 5.11 Å². The van der Waals surface area contributed by atoms with Crippen molar-refractivity contribution in [3.05, 3.63) is 35.4 Å². The normalized spacial score (nSPS) is 12.1. The van der Waals surface area contributed by atoms with Crippen LogP contribution < -0.4 is 0 Å². The van der Waals surface area contributed by atoms with Crippen molar-refractivity contribution in [1.82, 2.24) is 0 Å². The lowest BCUT2D eigenvalue weighted by Crippen LogP contribution is -2.12. The van der Waals surface area contributed by atoms with Gasteiger partial charge in [0.2, 0.25) is 0 Å². The van der Waals surface area contributed by atoms with E-state index in [1.165, 1.54) is 31.2 Å². The molecule has 0 bridgehead atoms. The summed E-state index contributed by atoms with van der Waals surface area (Å²) in [6, 6.07) is 5.56. The van der Waals surface area contributed by atoms with E-state index in [1.54, 1.807) is 0 Å². The second kappa shape index (κ2) is 4.00. The molecule has 0 aromatic heterocycles. The molecule has 0 fully saturated rings. The number of carboxylic acid groups (broad SMARTS) is 1. The van der Waals surface area contributed by atoms with Crippen molar-refractivity contribution in [2.45, 2.75) is 13.1 Å². The minimum atomic E-state index is -1.53. The Labute approximate surface area is 80.2 Å². The van der Waals surface area contributed by atoms with Gasteiger partial charge in [0, 0.05) is 5.56 Å². The van der Waals surface area contributed by atoms with Gasteiger partial charge in [0.05, 0.1) is 0 Å². The quantitative estimate of drug-likeness (QED) is 0.594. The molecule has 0 radical (unpaired) electrons. The maximum absolute atomic E-state index is 12.8. The molecule has 4 heteroatoms. The van der Waals surface area contributed by atoms with E-state index in [2.05, 4.69) is 0 Å². The van der Waals surface area contributed by atoms with Gasteiger partial charge in [0.1, 0.15) is 6.17 Å². The molecule has 1 aromatic rings. The lowest BCUT2D eigenvalue weighted by Gasteiger charge is -2.03. The van der Waals surface area contributed by atoms with Crippen molar-refractivity contribution in [1.29, 1.82) is 0 Å². The van der Waals surface area contributed by atoms with Crippen LogP contribution in [-0.4, -0.2) is 16.9 Å². The molecule has 0 amide bonds. The monoisotopic (exact) mass is 196 g/mol. The van der Waals surface area contributed by atoms with Gasteiger partial charge in [-0.1, -0.05) is 18.2 Å². The molecule has 1 aromatic carbocycles. The number of ketones is 1. The topological polar surface area (TPSA) is 54.4 Å². The number of carbonyl (C=O) groups is 2. The maximum atomic E-state index is 12.8. The summed E-state index contributed by atoms with van der Waals surface area (Å²) in [7, 11) is 0. The summed E-state index contributed by atoms with van der Waals surface area (Å²) in [6.07, 6.45) is -1.21. The van der Waals surface area contributed by atoms with Crippen molar-refractivity contribution < 1.29 is 19.1 Å². The Bertz CT molecular complexity index is 371. The summed E-state index contributed by atoms with van der Waals surface area (Å²) in [6.45, 7) is 1.32. The first-order chi connectivity index (χ1) is 6.52. The van der Waals surface area contributed by atoms with Gasteiger partial charge in [-0.2, -0.15) is 0 Å². The van der Waals surface area contributed by atoms with Crippen molar-refractivity contribution >= 4 is 11.8 Å². The number of alkyl halides is 1. The molecule has 0 saturated carbocycles. The first-order valence-electron chi connectivity index (χ1n) is 4.04. The summed E-state index contributed by atoms with van der Waals surface area (Å²) in [5, 5.41) is 8.42. The van der Waals surface area contributed by atoms with E-state index < -0.39 is 17.9 Å². The van der Waals surface area contributed by atoms with Crippen molar-refractivity contribution in [3.63, 3.8) is 0 Å². The van der Waals surface area contributed by atoms with E-state index in [0.29, 0.717) is 5.56 Å². The van der Waals surface area contributed by atoms with Gasteiger partial charge in [-0.05, 0) is 18.6 Å². The molecule has 3 nitrogen and oxygen atoms in total. The van der Waals surface area contributed by atoms with Crippen molar-refractivity contribution in [2.75, 3.05) is 0 Å². The first-order valence-corrected chi connectivity index (χ1v) is 4.04. The molecule has 0 saturated heterocycles. The fourth-order valence-electron chi connectivity index (χ4n) is 1.05. The van der Waals surface area contributed by atoms with Gasteiger partial charge >= 0.3 is 5.97 Å². The van der Waals surface area contributed by atoms with E-state index in [-0.39, 0.29) is 5.56 Å². The van der Waals surface area contributed by atoms with Crippen LogP contribution in [0.1, 0.15) is 29.0 Å². The summed E-state index contributed by atoms with van der Waals surface area (Å²) < 4.78 is 12.8. The van der Waals surface area contributed by atoms with E-state index >= 15 is 0 Å². The highest BCUT2D eigenvalue weighted by atomic mass is 19.1. The molecule has 0 aliphatic heterocycles. The van der Waals surface area contributed by atoms with Gasteiger partial charge in [-0.3, -0.25) is 4.79 Å². The maximum Gasteiger partial charge on any atom is 0.377 e. The molecule has 0 heterocycles. The molecule has 0 aliphatic carbocycles. The van der Waals surface area contributed by atoms with Crippen LogP contribution in [0.4, 0.5) is 4.39 Å². The molecular formula is C10H9FO3. The largest absolute Gasteiger partial charge is 0.475 e. The lowest BCUT2D eigenvalue weighted by atomic mass is 10.1. The third-order valence-corrected chi connectivity index (χ3v) is 1.80. The predicted molar refractivity (Wildman–Crippen MR) is 47.9 cm³/mol. The number of Topliss-reactive ketones (excluding diaryl/α,β-unsaturated/α-hetero) is 1. The number of halogens is 1. The van der Waals surface area contributed by atoms with Crippen LogP contribution in [0.2, 0.25) is 0 Å². The Kier molecular flexibility index (Phi) is 2.96. The molecule has 1 unspecified atom stereocenters. The van der Waals surface area contributed by atoms with Gasteiger partial charge in [-0.15, -0.1) is 0 Å².